The van der Waals surface area contributed by atoms with Crippen LogP contribution in [0.1, 0.15) is 42.8 Å². The van der Waals surface area contributed by atoms with Gasteiger partial charge in [0, 0.05) is 5.69 Å². The monoisotopic (exact) mass is 258 g/mol. The van der Waals surface area contributed by atoms with Gasteiger partial charge in [-0.3, -0.25) is 4.79 Å². The van der Waals surface area contributed by atoms with E-state index in [-0.39, 0.29) is 17.2 Å². The topological polar surface area (TPSA) is 55.1 Å². The third-order valence-electron chi connectivity index (χ3n) is 2.80. The van der Waals surface area contributed by atoms with Gasteiger partial charge >= 0.3 is 5.91 Å². The van der Waals surface area contributed by atoms with Crippen molar-refractivity contribution in [1.82, 2.24) is 4.98 Å². The Morgan fingerprint density at radius 1 is 1.26 bits per heavy atom. The number of para-hydroxylation sites is 1. The molecule has 4 heteroatoms. The summed E-state index contributed by atoms with van der Waals surface area (Å²) in [4.78, 5) is 16.0. The fourth-order valence-corrected chi connectivity index (χ4v) is 1.88. The molecule has 100 valence electrons. The maximum absolute atomic E-state index is 12.0. The minimum atomic E-state index is -0.329. The molecular formula is C15H18N2O2. The first-order valence-corrected chi connectivity index (χ1v) is 6.21. The minimum absolute atomic E-state index is 0.0453. The van der Waals surface area contributed by atoms with Crippen LogP contribution in [0, 0.1) is 6.92 Å². The van der Waals surface area contributed by atoms with Crippen molar-refractivity contribution in [3.05, 3.63) is 47.7 Å². The molecule has 1 N–H and O–H groups in total. The molecule has 1 aromatic heterocycles. The molecule has 0 saturated carbocycles. The number of hydrogen-bond acceptors (Lipinski definition) is 3. The number of amides is 1. The van der Waals surface area contributed by atoms with Crippen LogP contribution in [0.2, 0.25) is 0 Å². The van der Waals surface area contributed by atoms with Crippen molar-refractivity contribution in [2.24, 2.45) is 0 Å². The van der Waals surface area contributed by atoms with Crippen LogP contribution in [-0.4, -0.2) is 10.9 Å². The molecule has 1 aromatic carbocycles. The van der Waals surface area contributed by atoms with Gasteiger partial charge in [-0.1, -0.05) is 39.0 Å². The highest BCUT2D eigenvalue weighted by Gasteiger charge is 2.20. The molecule has 0 spiro atoms. The van der Waals surface area contributed by atoms with Crippen molar-refractivity contribution in [1.29, 1.82) is 0 Å². The van der Waals surface area contributed by atoms with Gasteiger partial charge in [0.15, 0.2) is 0 Å². The Hall–Kier alpha value is -2.10. The summed E-state index contributed by atoms with van der Waals surface area (Å²) in [5.41, 5.74) is 1.82. The average Bonchev–Trinajstić information content (AvgIpc) is 2.75. The number of carbonyl (C=O) groups is 1. The third kappa shape index (κ3) is 3.02. The van der Waals surface area contributed by atoms with E-state index in [4.69, 9.17) is 4.42 Å². The largest absolute Gasteiger partial charge is 0.438 e. The summed E-state index contributed by atoms with van der Waals surface area (Å²) in [6.07, 6.45) is 1.53. The maximum Gasteiger partial charge on any atom is 0.311 e. The molecule has 0 radical (unpaired) electrons. The van der Waals surface area contributed by atoms with Crippen LogP contribution in [0.3, 0.4) is 0 Å². The van der Waals surface area contributed by atoms with Crippen molar-refractivity contribution in [3.63, 3.8) is 0 Å². The van der Waals surface area contributed by atoms with Gasteiger partial charge in [-0.25, -0.2) is 4.98 Å². The lowest BCUT2D eigenvalue weighted by molar-refractivity contribution is 0.0989. The fourth-order valence-electron chi connectivity index (χ4n) is 1.88. The summed E-state index contributed by atoms with van der Waals surface area (Å²) in [5, 5.41) is 2.85. The first-order chi connectivity index (χ1) is 8.88. The third-order valence-corrected chi connectivity index (χ3v) is 2.80. The number of hydrogen-bond donors (Lipinski definition) is 1. The molecule has 0 aliphatic rings. The number of nitrogens with zero attached hydrogens (tertiary/aromatic N) is 1. The van der Waals surface area contributed by atoms with E-state index in [1.54, 1.807) is 6.92 Å². The Kier molecular flexibility index (Phi) is 3.42. The molecule has 2 aromatic rings. The van der Waals surface area contributed by atoms with Crippen LogP contribution in [0.5, 0.6) is 0 Å². The molecule has 2 rings (SSSR count). The van der Waals surface area contributed by atoms with Gasteiger partial charge < -0.3 is 9.73 Å². The first-order valence-electron chi connectivity index (χ1n) is 6.21. The second kappa shape index (κ2) is 4.88. The average molecular weight is 258 g/mol. The minimum Gasteiger partial charge on any atom is -0.438 e. The van der Waals surface area contributed by atoms with E-state index in [0.29, 0.717) is 5.76 Å². The van der Waals surface area contributed by atoms with Gasteiger partial charge in [0.25, 0.3) is 5.89 Å². The predicted octanol–water partition coefficient (Wildman–Crippen LogP) is 3.53. The molecule has 1 heterocycles. The van der Waals surface area contributed by atoms with Crippen molar-refractivity contribution in [3.8, 4) is 0 Å². The number of anilines is 1. The highest BCUT2D eigenvalue weighted by atomic mass is 16.4. The molecule has 1 amide bonds. The van der Waals surface area contributed by atoms with Crippen molar-refractivity contribution in [2.75, 3.05) is 5.32 Å². The van der Waals surface area contributed by atoms with E-state index >= 15 is 0 Å². The normalized spacial score (nSPS) is 11.4. The number of benzene rings is 1. The van der Waals surface area contributed by atoms with Crippen LogP contribution >= 0.6 is 0 Å². The van der Waals surface area contributed by atoms with E-state index in [9.17, 15) is 4.79 Å². The molecule has 0 saturated heterocycles. The number of oxazole rings is 1. The molecule has 0 atom stereocenters. The first kappa shape index (κ1) is 13.3. The van der Waals surface area contributed by atoms with Crippen LogP contribution < -0.4 is 5.32 Å². The van der Waals surface area contributed by atoms with Gasteiger partial charge in [-0.2, -0.15) is 0 Å². The lowest BCUT2D eigenvalue weighted by Crippen LogP contribution is -2.18. The zero-order chi connectivity index (χ0) is 14.0. The quantitative estimate of drug-likeness (QED) is 0.896. The molecule has 0 aliphatic heterocycles. The van der Waals surface area contributed by atoms with Gasteiger partial charge in [0.1, 0.15) is 5.76 Å². The number of aromatic nitrogens is 1. The van der Waals surface area contributed by atoms with Gasteiger partial charge in [0.2, 0.25) is 0 Å². The van der Waals surface area contributed by atoms with Gasteiger partial charge in [-0.15, -0.1) is 0 Å². The Labute approximate surface area is 112 Å². The number of nitrogens with one attached hydrogen (secondary N) is 1. The second-order valence-corrected chi connectivity index (χ2v) is 5.53. The summed E-state index contributed by atoms with van der Waals surface area (Å²) >= 11 is 0. The van der Waals surface area contributed by atoms with Crippen molar-refractivity contribution < 1.29 is 9.21 Å². The van der Waals surface area contributed by atoms with Gasteiger partial charge in [0.05, 0.1) is 6.20 Å². The highest BCUT2D eigenvalue weighted by Crippen LogP contribution is 2.29. The second-order valence-electron chi connectivity index (χ2n) is 5.53. The van der Waals surface area contributed by atoms with Gasteiger partial charge in [-0.05, 0) is 24.0 Å². The molecule has 19 heavy (non-hydrogen) atoms. The number of aryl methyl sites for hydroxylation is 1. The predicted molar refractivity (Wildman–Crippen MR) is 74.3 cm³/mol. The maximum atomic E-state index is 12.0. The zero-order valence-corrected chi connectivity index (χ0v) is 11.7. The highest BCUT2D eigenvalue weighted by molar-refractivity contribution is 6.01. The van der Waals surface area contributed by atoms with E-state index in [2.05, 4.69) is 31.1 Å². The van der Waals surface area contributed by atoms with Crippen LogP contribution in [0.15, 0.2) is 34.9 Å². The summed E-state index contributed by atoms with van der Waals surface area (Å²) in [6, 6.07) is 7.75. The Morgan fingerprint density at radius 3 is 2.53 bits per heavy atom. The molecule has 0 aliphatic carbocycles. The van der Waals surface area contributed by atoms with Crippen LogP contribution in [-0.2, 0) is 5.41 Å². The molecule has 0 bridgehead atoms. The molecule has 0 fully saturated rings. The lowest BCUT2D eigenvalue weighted by atomic mass is 9.86. The van der Waals surface area contributed by atoms with E-state index in [0.717, 1.165) is 11.3 Å². The molecule has 0 unspecified atom stereocenters. The number of carbonyl (C=O) groups excluding carboxylic acids is 1. The van der Waals surface area contributed by atoms with E-state index in [1.165, 1.54) is 6.20 Å². The summed E-state index contributed by atoms with van der Waals surface area (Å²) in [6.45, 7) is 8.07. The smallest absolute Gasteiger partial charge is 0.311 e. The Morgan fingerprint density at radius 2 is 1.95 bits per heavy atom. The van der Waals surface area contributed by atoms with E-state index in [1.807, 2.05) is 24.3 Å². The van der Waals surface area contributed by atoms with Crippen LogP contribution in [0.4, 0.5) is 5.69 Å². The zero-order valence-electron chi connectivity index (χ0n) is 11.7. The fraction of sp³-hybridized carbons (Fsp3) is 0.333. The number of rotatable bonds is 2. The Balaban J connectivity index is 2.27. The standard InChI is InChI=1S/C15H18N2O2/c1-10-9-16-14(19-10)13(18)17-12-8-6-5-7-11(12)15(2,3)4/h5-9H,1-4H3,(H,17,18). The van der Waals surface area contributed by atoms with Crippen LogP contribution in [0.25, 0.3) is 0 Å². The lowest BCUT2D eigenvalue weighted by Gasteiger charge is -2.22. The summed E-state index contributed by atoms with van der Waals surface area (Å²) in [7, 11) is 0. The summed E-state index contributed by atoms with van der Waals surface area (Å²) in [5.74, 6) is 0.375. The van der Waals surface area contributed by atoms with Crippen molar-refractivity contribution >= 4 is 11.6 Å². The Bertz CT molecular complexity index is 594. The SMILES string of the molecule is Cc1cnc(C(=O)Nc2ccccc2C(C)(C)C)o1. The molecule has 4 nitrogen and oxygen atoms in total. The van der Waals surface area contributed by atoms with E-state index < -0.39 is 0 Å². The van der Waals surface area contributed by atoms with Crippen molar-refractivity contribution in [2.45, 2.75) is 33.1 Å². The summed E-state index contributed by atoms with van der Waals surface area (Å²) < 4.78 is 5.22. The molecular weight excluding hydrogens is 240 g/mol.